The SMILES string of the molecule is CCCCCCCCCCCCCCCCCCCCCCCCCCCCCCCCCCCCCCCCCC(=O)NC(COP(=O)(O)OCC[N+](C)(C)C)C(O)CCCCCCCC. The van der Waals surface area contributed by atoms with Crippen LogP contribution in [0.4, 0.5) is 0 Å². The number of carbonyl (C=O) groups excluding carboxylic acids is 1. The number of hydrogen-bond acceptors (Lipinski definition) is 5. The minimum atomic E-state index is -4.30. The molecule has 0 aromatic heterocycles. The summed E-state index contributed by atoms with van der Waals surface area (Å²) in [5.41, 5.74) is 0. The first kappa shape index (κ1) is 66.5. The first-order valence-corrected chi connectivity index (χ1v) is 31.4. The highest BCUT2D eigenvalue weighted by molar-refractivity contribution is 7.47. The first-order valence-electron chi connectivity index (χ1n) is 29.9. The van der Waals surface area contributed by atoms with Gasteiger partial charge in [-0.05, 0) is 12.8 Å². The second kappa shape index (κ2) is 50.4. The Morgan fingerprint density at radius 3 is 1.00 bits per heavy atom. The minimum Gasteiger partial charge on any atom is -0.391 e. The molecule has 0 rings (SSSR count). The monoisotopic (exact) mass is 972 g/mol. The molecule has 67 heavy (non-hydrogen) atoms. The van der Waals surface area contributed by atoms with Crippen molar-refractivity contribution in [2.45, 2.75) is 328 Å². The maximum atomic E-state index is 12.9. The van der Waals surface area contributed by atoms with Crippen LogP contribution in [0, 0.1) is 0 Å². The third-order valence-electron chi connectivity index (χ3n) is 14.1. The van der Waals surface area contributed by atoms with Gasteiger partial charge in [-0.1, -0.05) is 296 Å². The van der Waals surface area contributed by atoms with Crippen LogP contribution < -0.4 is 5.32 Å². The van der Waals surface area contributed by atoms with Crippen LogP contribution in [0.3, 0.4) is 0 Å². The number of nitrogens with zero attached hydrogens (tertiary/aromatic N) is 1. The van der Waals surface area contributed by atoms with Crippen molar-refractivity contribution in [1.82, 2.24) is 5.32 Å². The lowest BCUT2D eigenvalue weighted by Crippen LogP contribution is -2.46. The molecule has 0 aromatic carbocycles. The van der Waals surface area contributed by atoms with Crippen molar-refractivity contribution in [3.05, 3.63) is 0 Å². The predicted molar refractivity (Wildman–Crippen MR) is 291 cm³/mol. The molecule has 3 unspecified atom stereocenters. The third-order valence-corrected chi connectivity index (χ3v) is 15.1. The average Bonchev–Trinajstić information content (AvgIpc) is 3.29. The molecule has 0 fully saturated rings. The van der Waals surface area contributed by atoms with E-state index in [9.17, 15) is 19.4 Å². The first-order chi connectivity index (χ1) is 32.5. The van der Waals surface area contributed by atoms with E-state index >= 15 is 0 Å². The molecule has 0 aliphatic carbocycles. The third kappa shape index (κ3) is 53.1. The number of quaternary nitrogens is 1. The van der Waals surface area contributed by atoms with Gasteiger partial charge in [-0.15, -0.1) is 0 Å². The summed E-state index contributed by atoms with van der Waals surface area (Å²) in [5, 5.41) is 13.8. The molecule has 0 aromatic rings. The topological polar surface area (TPSA) is 105 Å². The quantitative estimate of drug-likeness (QED) is 0.0319. The normalized spacial score (nSPS) is 13.8. The number of aliphatic hydroxyl groups excluding tert-OH is 1. The van der Waals surface area contributed by atoms with Gasteiger partial charge >= 0.3 is 7.82 Å². The summed E-state index contributed by atoms with van der Waals surface area (Å²) in [6, 6.07) is -0.752. The smallest absolute Gasteiger partial charge is 0.391 e. The van der Waals surface area contributed by atoms with Crippen LogP contribution in [0.1, 0.15) is 316 Å². The summed E-state index contributed by atoms with van der Waals surface area (Å²) >= 11 is 0. The zero-order valence-electron chi connectivity index (χ0n) is 45.9. The van der Waals surface area contributed by atoms with Crippen LogP contribution in [0.15, 0.2) is 0 Å². The minimum absolute atomic E-state index is 0.0778. The molecular weight excluding hydrogens is 852 g/mol. The molecule has 0 saturated carbocycles. The van der Waals surface area contributed by atoms with Gasteiger partial charge in [0.25, 0.3) is 0 Å². The number of unbranched alkanes of at least 4 members (excludes halogenated alkanes) is 43. The van der Waals surface area contributed by atoms with E-state index < -0.39 is 20.0 Å². The van der Waals surface area contributed by atoms with Gasteiger partial charge in [0.2, 0.25) is 5.91 Å². The highest BCUT2D eigenvalue weighted by Crippen LogP contribution is 2.43. The lowest BCUT2D eigenvalue weighted by molar-refractivity contribution is -0.870. The fourth-order valence-electron chi connectivity index (χ4n) is 9.40. The second-order valence-corrected chi connectivity index (χ2v) is 23.5. The highest BCUT2D eigenvalue weighted by Gasteiger charge is 2.28. The second-order valence-electron chi connectivity index (χ2n) is 22.1. The van der Waals surface area contributed by atoms with Crippen molar-refractivity contribution in [1.29, 1.82) is 0 Å². The fourth-order valence-corrected chi connectivity index (χ4v) is 10.1. The van der Waals surface area contributed by atoms with E-state index in [1.54, 1.807) is 0 Å². The van der Waals surface area contributed by atoms with E-state index in [0.29, 0.717) is 23.9 Å². The summed E-state index contributed by atoms with van der Waals surface area (Å²) in [7, 11) is 1.63. The molecule has 0 aliphatic heterocycles. The molecule has 8 nitrogen and oxygen atoms in total. The van der Waals surface area contributed by atoms with Gasteiger partial charge in [-0.25, -0.2) is 4.57 Å². The maximum Gasteiger partial charge on any atom is 0.472 e. The Hall–Kier alpha value is -0.500. The van der Waals surface area contributed by atoms with Crippen molar-refractivity contribution in [3.8, 4) is 0 Å². The molecule has 3 atom stereocenters. The van der Waals surface area contributed by atoms with Crippen molar-refractivity contribution in [2.24, 2.45) is 0 Å². The number of phosphoric ester groups is 1. The highest BCUT2D eigenvalue weighted by atomic mass is 31.2. The van der Waals surface area contributed by atoms with E-state index in [0.717, 1.165) is 38.5 Å². The molecule has 0 aliphatic rings. The molecule has 0 spiro atoms. The van der Waals surface area contributed by atoms with Gasteiger partial charge in [0.15, 0.2) is 0 Å². The van der Waals surface area contributed by atoms with Gasteiger partial charge in [0.05, 0.1) is 39.9 Å². The number of hydrogen-bond donors (Lipinski definition) is 3. The zero-order valence-corrected chi connectivity index (χ0v) is 46.8. The molecule has 402 valence electrons. The van der Waals surface area contributed by atoms with E-state index in [1.807, 2.05) is 21.1 Å². The predicted octanol–water partition coefficient (Wildman–Crippen LogP) is 18.0. The Morgan fingerprint density at radius 2 is 0.716 bits per heavy atom. The van der Waals surface area contributed by atoms with E-state index in [1.165, 1.54) is 250 Å². The van der Waals surface area contributed by atoms with Crippen molar-refractivity contribution >= 4 is 13.7 Å². The lowest BCUT2D eigenvalue weighted by Gasteiger charge is -2.26. The van der Waals surface area contributed by atoms with Gasteiger partial charge in [0.1, 0.15) is 13.2 Å². The van der Waals surface area contributed by atoms with E-state index in [4.69, 9.17) is 9.05 Å². The molecule has 3 N–H and O–H groups in total. The number of carbonyl (C=O) groups is 1. The number of nitrogens with one attached hydrogen (secondary N) is 1. The summed E-state index contributed by atoms with van der Waals surface area (Å²) < 4.78 is 23.5. The number of aliphatic hydroxyl groups is 1. The van der Waals surface area contributed by atoms with Gasteiger partial charge in [0, 0.05) is 6.42 Å². The lowest BCUT2D eigenvalue weighted by atomic mass is 10.0. The van der Waals surface area contributed by atoms with Gasteiger partial charge in [-0.3, -0.25) is 13.8 Å². The average molecular weight is 973 g/mol. The maximum absolute atomic E-state index is 12.9. The van der Waals surface area contributed by atoms with Crippen LogP contribution in [-0.2, 0) is 18.4 Å². The summed E-state index contributed by atoms with van der Waals surface area (Å²) in [4.78, 5) is 23.1. The van der Waals surface area contributed by atoms with Crippen molar-refractivity contribution < 1.29 is 32.9 Å². The molecule has 1 amide bonds. The van der Waals surface area contributed by atoms with Crippen LogP contribution in [0.5, 0.6) is 0 Å². The van der Waals surface area contributed by atoms with Gasteiger partial charge < -0.3 is 19.8 Å². The molecule has 0 bridgehead atoms. The van der Waals surface area contributed by atoms with Gasteiger partial charge in [-0.2, -0.15) is 0 Å². The summed E-state index contributed by atoms with van der Waals surface area (Å²) in [6.07, 6.45) is 61.1. The number of amides is 1. The molecule has 9 heteroatoms. The van der Waals surface area contributed by atoms with Crippen molar-refractivity contribution in [3.63, 3.8) is 0 Å². The molecular formula is C58H120N2O6P+. The Balaban J connectivity index is 3.64. The Kier molecular flexibility index (Phi) is 50.1. The van der Waals surface area contributed by atoms with E-state index in [2.05, 4.69) is 19.2 Å². The number of likely N-dealkylation sites (N-methyl/N-ethyl adjacent to an activating group) is 1. The standard InChI is InChI=1S/C58H119N2O6P/c1-6-8-10-12-14-15-16-17-18-19-20-21-22-23-24-25-26-27-28-29-30-31-32-33-34-35-36-37-38-39-40-41-42-43-44-45-46-48-50-52-58(62)59-56(57(61)51-49-47-13-11-9-7-2)55-66-67(63,64)65-54-53-60(3,4)5/h56-57,61H,6-55H2,1-5H3,(H-,59,62,63,64)/p+1. The summed E-state index contributed by atoms with van der Waals surface area (Å²) in [5.74, 6) is -0.143. The van der Waals surface area contributed by atoms with Crippen LogP contribution in [0.25, 0.3) is 0 Å². The van der Waals surface area contributed by atoms with Crippen molar-refractivity contribution in [2.75, 3.05) is 40.9 Å². The molecule has 0 saturated heterocycles. The largest absolute Gasteiger partial charge is 0.472 e. The van der Waals surface area contributed by atoms with Crippen LogP contribution in [-0.4, -0.2) is 73.4 Å². The molecule has 0 radical (unpaired) electrons. The fraction of sp³-hybridized carbons (Fsp3) is 0.983. The number of rotatable bonds is 56. The zero-order chi connectivity index (χ0) is 49.2. The Bertz CT molecular complexity index is 1060. The molecule has 0 heterocycles. The van der Waals surface area contributed by atoms with Crippen LogP contribution in [0.2, 0.25) is 0 Å². The Labute approximate surface area is 419 Å². The Morgan fingerprint density at radius 1 is 0.448 bits per heavy atom. The van der Waals surface area contributed by atoms with Crippen LogP contribution >= 0.6 is 7.82 Å². The summed E-state index contributed by atoms with van der Waals surface area (Å²) in [6.45, 7) is 4.86. The number of phosphoric acid groups is 1. The van der Waals surface area contributed by atoms with E-state index in [-0.39, 0.29) is 19.1 Å².